The number of guanidine groups is 1. The second kappa shape index (κ2) is 13.6. The molecule has 0 bridgehead atoms. The summed E-state index contributed by atoms with van der Waals surface area (Å²) in [5, 5.41) is 7.21. The maximum absolute atomic E-state index is 5.83. The highest BCUT2D eigenvalue weighted by Gasteiger charge is 2.14. The Balaban J connectivity index is 0.00000420. The van der Waals surface area contributed by atoms with Crippen LogP contribution in [0, 0.1) is 0 Å². The van der Waals surface area contributed by atoms with Crippen molar-refractivity contribution in [3.8, 4) is 5.75 Å². The van der Waals surface area contributed by atoms with Crippen LogP contribution in [0.25, 0.3) is 0 Å². The number of halogens is 2. The molecule has 0 amide bonds. The van der Waals surface area contributed by atoms with Gasteiger partial charge in [0.25, 0.3) is 0 Å². The molecule has 1 atom stereocenters. The molecule has 8 heteroatoms. The highest BCUT2D eigenvalue weighted by molar-refractivity contribution is 14.0. The van der Waals surface area contributed by atoms with E-state index in [1.54, 1.807) is 13.3 Å². The summed E-state index contributed by atoms with van der Waals surface area (Å²) in [6.07, 6.45) is 2.66. The van der Waals surface area contributed by atoms with Crippen molar-refractivity contribution in [3.05, 3.63) is 58.9 Å². The van der Waals surface area contributed by atoms with Gasteiger partial charge in [-0.1, -0.05) is 29.8 Å². The lowest BCUT2D eigenvalue weighted by Gasteiger charge is -2.24. The summed E-state index contributed by atoms with van der Waals surface area (Å²) in [7, 11) is 5.81. The number of ether oxygens (including phenoxy) is 1. The van der Waals surface area contributed by atoms with Gasteiger partial charge < -0.3 is 20.3 Å². The number of pyridine rings is 1. The number of hydrogen-bond donors (Lipinski definition) is 2. The Hall–Kier alpha value is -1.58. The number of hydrogen-bond acceptors (Lipinski definition) is 4. The molecule has 0 saturated heterocycles. The molecule has 0 radical (unpaired) electrons. The third-order valence-corrected chi connectivity index (χ3v) is 4.61. The fourth-order valence-electron chi connectivity index (χ4n) is 2.79. The Kier molecular flexibility index (Phi) is 11.9. The van der Waals surface area contributed by atoms with Gasteiger partial charge in [-0.05, 0) is 56.8 Å². The van der Waals surface area contributed by atoms with Crippen LogP contribution in [-0.2, 0) is 6.42 Å². The smallest absolute Gasteiger partial charge is 0.191 e. The van der Waals surface area contributed by atoms with E-state index in [2.05, 4.69) is 53.7 Å². The molecule has 29 heavy (non-hydrogen) atoms. The van der Waals surface area contributed by atoms with Crippen molar-refractivity contribution in [3.63, 3.8) is 0 Å². The number of benzene rings is 1. The summed E-state index contributed by atoms with van der Waals surface area (Å²) in [5.74, 6) is 1.67. The number of likely N-dealkylation sites (N-methyl/N-ethyl adjacent to an activating group) is 1. The quantitative estimate of drug-likeness (QED) is 0.223. The zero-order valence-corrected chi connectivity index (χ0v) is 20.6. The van der Waals surface area contributed by atoms with E-state index in [0.717, 1.165) is 36.8 Å². The molecule has 0 aliphatic carbocycles. The molecule has 6 nitrogen and oxygen atoms in total. The standard InChI is InChI=1S/C21H30ClN5O.HI/c1-5-23-21(24-13-12-16-6-11-20(22)25-14-16)26-15-19(27(2)3)17-7-9-18(28-4)10-8-17;/h6-11,14,19H,5,12-13,15H2,1-4H3,(H2,23,24,26);1H. The highest BCUT2D eigenvalue weighted by Crippen LogP contribution is 2.21. The molecule has 1 heterocycles. The first-order valence-electron chi connectivity index (χ1n) is 9.46. The molecular weight excluding hydrogens is 501 g/mol. The Morgan fingerprint density at radius 3 is 2.45 bits per heavy atom. The molecule has 0 aliphatic heterocycles. The molecule has 2 aromatic rings. The van der Waals surface area contributed by atoms with Crippen LogP contribution in [0.4, 0.5) is 0 Å². The van der Waals surface area contributed by atoms with Gasteiger partial charge in [-0.15, -0.1) is 24.0 Å². The zero-order chi connectivity index (χ0) is 20.4. The van der Waals surface area contributed by atoms with Gasteiger partial charge in [0.15, 0.2) is 5.96 Å². The average Bonchev–Trinajstić information content (AvgIpc) is 2.70. The van der Waals surface area contributed by atoms with E-state index < -0.39 is 0 Å². The van der Waals surface area contributed by atoms with E-state index in [4.69, 9.17) is 21.3 Å². The lowest BCUT2D eigenvalue weighted by molar-refractivity contribution is 0.306. The number of aliphatic imine (C=N–C) groups is 1. The van der Waals surface area contributed by atoms with Crippen LogP contribution >= 0.6 is 35.6 Å². The monoisotopic (exact) mass is 531 g/mol. The number of rotatable bonds is 9. The maximum Gasteiger partial charge on any atom is 0.191 e. The van der Waals surface area contributed by atoms with Crippen molar-refractivity contribution in [2.75, 3.05) is 40.8 Å². The summed E-state index contributed by atoms with van der Waals surface area (Å²) in [6.45, 7) is 4.29. The summed E-state index contributed by atoms with van der Waals surface area (Å²) in [6, 6.07) is 12.1. The SMILES string of the molecule is CCNC(=NCC(c1ccc(OC)cc1)N(C)C)NCCc1ccc(Cl)nc1.I. The van der Waals surface area contributed by atoms with Gasteiger partial charge in [0, 0.05) is 19.3 Å². The fourth-order valence-corrected chi connectivity index (χ4v) is 2.90. The number of nitrogens with zero attached hydrogens (tertiary/aromatic N) is 3. The van der Waals surface area contributed by atoms with Crippen LogP contribution in [0.3, 0.4) is 0 Å². The first-order valence-corrected chi connectivity index (χ1v) is 9.84. The van der Waals surface area contributed by atoms with Gasteiger partial charge in [-0.2, -0.15) is 0 Å². The molecule has 2 N–H and O–H groups in total. The first-order chi connectivity index (χ1) is 13.5. The van der Waals surface area contributed by atoms with Crippen molar-refractivity contribution in [1.82, 2.24) is 20.5 Å². The van der Waals surface area contributed by atoms with E-state index in [1.165, 1.54) is 5.56 Å². The van der Waals surface area contributed by atoms with Crippen LogP contribution in [0.15, 0.2) is 47.6 Å². The highest BCUT2D eigenvalue weighted by atomic mass is 127. The summed E-state index contributed by atoms with van der Waals surface area (Å²) < 4.78 is 5.25. The third-order valence-electron chi connectivity index (χ3n) is 4.39. The topological polar surface area (TPSA) is 61.8 Å². The molecule has 1 aromatic carbocycles. The molecule has 2 rings (SSSR count). The van der Waals surface area contributed by atoms with Crippen molar-refractivity contribution >= 4 is 41.5 Å². The lowest BCUT2D eigenvalue weighted by atomic mass is 10.1. The van der Waals surface area contributed by atoms with Crippen LogP contribution in [-0.4, -0.2) is 56.7 Å². The number of aromatic nitrogens is 1. The van der Waals surface area contributed by atoms with Crippen molar-refractivity contribution < 1.29 is 4.74 Å². The van der Waals surface area contributed by atoms with E-state index in [-0.39, 0.29) is 30.0 Å². The Morgan fingerprint density at radius 1 is 1.17 bits per heavy atom. The molecule has 1 unspecified atom stereocenters. The van der Waals surface area contributed by atoms with Crippen molar-refractivity contribution in [2.45, 2.75) is 19.4 Å². The second-order valence-corrected chi connectivity index (χ2v) is 7.03. The molecular formula is C21H31ClIN5O. The van der Waals surface area contributed by atoms with E-state index in [9.17, 15) is 0 Å². The van der Waals surface area contributed by atoms with E-state index in [0.29, 0.717) is 11.7 Å². The summed E-state index contributed by atoms with van der Waals surface area (Å²) >= 11 is 5.83. The molecule has 0 aliphatic rings. The zero-order valence-electron chi connectivity index (χ0n) is 17.5. The van der Waals surface area contributed by atoms with Crippen LogP contribution in [0.2, 0.25) is 5.15 Å². The van der Waals surface area contributed by atoms with Gasteiger partial charge >= 0.3 is 0 Å². The molecule has 160 valence electrons. The van der Waals surface area contributed by atoms with Gasteiger partial charge in [-0.25, -0.2) is 4.98 Å². The normalized spacial score (nSPS) is 12.3. The Morgan fingerprint density at radius 2 is 1.90 bits per heavy atom. The molecule has 0 spiro atoms. The number of nitrogens with one attached hydrogen (secondary N) is 2. The third kappa shape index (κ3) is 8.76. The molecule has 1 aromatic heterocycles. The predicted octanol–water partition coefficient (Wildman–Crippen LogP) is 3.76. The maximum atomic E-state index is 5.83. The summed E-state index contributed by atoms with van der Waals surface area (Å²) in [4.78, 5) is 11.1. The Bertz CT molecular complexity index is 738. The van der Waals surface area contributed by atoms with Crippen LogP contribution in [0.1, 0.15) is 24.1 Å². The van der Waals surface area contributed by atoms with Gasteiger partial charge in [0.2, 0.25) is 0 Å². The lowest BCUT2D eigenvalue weighted by Crippen LogP contribution is -2.39. The Labute approximate surface area is 196 Å². The average molecular weight is 532 g/mol. The van der Waals surface area contributed by atoms with Gasteiger partial charge in [-0.3, -0.25) is 4.99 Å². The largest absolute Gasteiger partial charge is 0.497 e. The minimum absolute atomic E-state index is 0. The van der Waals surface area contributed by atoms with Crippen LogP contribution in [0.5, 0.6) is 5.75 Å². The van der Waals surface area contributed by atoms with Crippen molar-refractivity contribution in [2.24, 2.45) is 4.99 Å². The van der Waals surface area contributed by atoms with E-state index in [1.807, 2.05) is 24.3 Å². The number of methoxy groups -OCH3 is 1. The molecule has 0 saturated carbocycles. The van der Waals surface area contributed by atoms with Crippen molar-refractivity contribution in [1.29, 1.82) is 0 Å². The van der Waals surface area contributed by atoms with Gasteiger partial charge in [0.1, 0.15) is 10.9 Å². The van der Waals surface area contributed by atoms with Crippen LogP contribution < -0.4 is 15.4 Å². The first kappa shape index (κ1) is 25.5. The fraction of sp³-hybridized carbons (Fsp3) is 0.429. The second-order valence-electron chi connectivity index (χ2n) is 6.64. The van der Waals surface area contributed by atoms with Gasteiger partial charge in [0.05, 0.1) is 19.7 Å². The minimum atomic E-state index is 0. The predicted molar refractivity (Wildman–Crippen MR) is 132 cm³/mol. The van der Waals surface area contributed by atoms with E-state index >= 15 is 0 Å². The molecule has 0 fully saturated rings. The summed E-state index contributed by atoms with van der Waals surface area (Å²) in [5.41, 5.74) is 2.34. The minimum Gasteiger partial charge on any atom is -0.497 e.